The first-order valence-electron chi connectivity index (χ1n) is 7.59. The van der Waals surface area contributed by atoms with Gasteiger partial charge in [0.1, 0.15) is 5.37 Å². The van der Waals surface area contributed by atoms with Gasteiger partial charge in [-0.25, -0.2) is 4.68 Å². The number of thioether (sulfide) groups is 1. The van der Waals surface area contributed by atoms with E-state index in [-0.39, 0.29) is 22.0 Å². The second-order valence-corrected chi connectivity index (χ2v) is 6.60. The quantitative estimate of drug-likeness (QED) is 0.594. The van der Waals surface area contributed by atoms with Crippen LogP contribution < -0.4 is 15.4 Å². The summed E-state index contributed by atoms with van der Waals surface area (Å²) in [4.78, 5) is 0. The first-order chi connectivity index (χ1) is 12.6. The second-order valence-electron chi connectivity index (χ2n) is 5.52. The van der Waals surface area contributed by atoms with Gasteiger partial charge >= 0.3 is 0 Å². The number of phenols is 1. The Bertz CT molecular complexity index is 962. The molecular weight excluding hydrogens is 358 g/mol. The van der Waals surface area contributed by atoms with Crippen LogP contribution in [-0.2, 0) is 0 Å². The summed E-state index contributed by atoms with van der Waals surface area (Å²) in [7, 11) is 1.49. The van der Waals surface area contributed by atoms with Gasteiger partial charge in [0.15, 0.2) is 17.3 Å². The fraction of sp³-hybridized carbons (Fsp3) is 0.125. The second kappa shape index (κ2) is 6.41. The summed E-state index contributed by atoms with van der Waals surface area (Å²) in [6.45, 7) is 0. The standard InChI is InChI=1S/C16H14N5O4S/c1-25-13-8-10(5-6-12(13)22)15-19-20-14(17-18-16(20)26-15)9-3-2-4-11(7-9)21(23)24/h2-8,15,19,22-23H,1H3/q-1/t15-/m0/s1. The number of nitrogens with one attached hydrogen (secondary N) is 1. The summed E-state index contributed by atoms with van der Waals surface area (Å²) < 4.78 is 6.88. The predicted octanol–water partition coefficient (Wildman–Crippen LogP) is 2.70. The molecule has 3 aromatic rings. The van der Waals surface area contributed by atoms with Crippen LogP contribution >= 0.6 is 11.8 Å². The number of aromatic nitrogens is 3. The summed E-state index contributed by atoms with van der Waals surface area (Å²) >= 11 is 1.46. The minimum atomic E-state index is -0.196. The SMILES string of the molecule is COc1cc([C@H]2Nn3c(nnc3-c3cccc(N([O-])O)c3)S2)ccc1O. The number of hydrogen-bond donors (Lipinski definition) is 3. The summed E-state index contributed by atoms with van der Waals surface area (Å²) in [5.74, 6) is 0.978. The molecule has 0 aliphatic carbocycles. The molecule has 1 aliphatic rings. The lowest BCUT2D eigenvalue weighted by Crippen LogP contribution is -2.14. The lowest BCUT2D eigenvalue weighted by atomic mass is 10.2. The van der Waals surface area contributed by atoms with Gasteiger partial charge < -0.3 is 25.7 Å². The monoisotopic (exact) mass is 372 g/mol. The molecule has 0 unspecified atom stereocenters. The molecule has 2 heterocycles. The van der Waals surface area contributed by atoms with Gasteiger partial charge in [-0.2, -0.15) is 0 Å². The maximum absolute atomic E-state index is 11.1. The zero-order chi connectivity index (χ0) is 18.3. The Hall–Kier alpha value is -2.95. The fourth-order valence-corrected chi connectivity index (χ4v) is 3.65. The Labute approximate surface area is 152 Å². The van der Waals surface area contributed by atoms with E-state index < -0.39 is 0 Å². The highest BCUT2D eigenvalue weighted by Crippen LogP contribution is 2.42. The Balaban J connectivity index is 1.64. The molecule has 0 spiro atoms. The summed E-state index contributed by atoms with van der Waals surface area (Å²) in [5.41, 5.74) is 4.91. The third kappa shape index (κ3) is 2.79. The molecule has 0 saturated heterocycles. The van der Waals surface area contributed by atoms with E-state index in [4.69, 9.17) is 9.94 Å². The molecule has 0 bridgehead atoms. The van der Waals surface area contributed by atoms with Gasteiger partial charge in [-0.15, -0.1) is 10.2 Å². The van der Waals surface area contributed by atoms with Crippen LogP contribution in [0.25, 0.3) is 11.4 Å². The number of ether oxygens (including phenoxy) is 1. The van der Waals surface area contributed by atoms with Crippen LogP contribution in [0.3, 0.4) is 0 Å². The number of methoxy groups -OCH3 is 1. The van der Waals surface area contributed by atoms with E-state index in [0.717, 1.165) is 5.56 Å². The van der Waals surface area contributed by atoms with Crippen molar-refractivity contribution >= 4 is 17.4 Å². The highest BCUT2D eigenvalue weighted by molar-refractivity contribution is 7.99. The minimum absolute atomic E-state index is 0.0716. The van der Waals surface area contributed by atoms with Crippen molar-refractivity contribution in [1.82, 2.24) is 14.9 Å². The van der Waals surface area contributed by atoms with Crippen LogP contribution in [0.1, 0.15) is 10.9 Å². The molecule has 2 aromatic carbocycles. The Morgan fingerprint density at radius 3 is 2.88 bits per heavy atom. The zero-order valence-corrected chi connectivity index (χ0v) is 14.3. The summed E-state index contributed by atoms with van der Waals surface area (Å²) in [5, 5.41) is 38.6. The van der Waals surface area contributed by atoms with Gasteiger partial charge in [0.2, 0.25) is 5.16 Å². The van der Waals surface area contributed by atoms with Crippen molar-refractivity contribution in [1.29, 1.82) is 0 Å². The number of aromatic hydroxyl groups is 1. The Morgan fingerprint density at radius 1 is 1.27 bits per heavy atom. The van der Waals surface area contributed by atoms with Crippen molar-refractivity contribution in [2.45, 2.75) is 10.5 Å². The van der Waals surface area contributed by atoms with Crippen LogP contribution in [-0.4, -0.2) is 32.3 Å². The molecule has 1 atom stereocenters. The number of phenolic OH excluding ortho intramolecular Hbond substituents is 1. The van der Waals surface area contributed by atoms with Crippen LogP contribution in [0, 0.1) is 5.21 Å². The first-order valence-corrected chi connectivity index (χ1v) is 8.47. The van der Waals surface area contributed by atoms with Crippen LogP contribution in [0.2, 0.25) is 0 Å². The number of hydrogen-bond acceptors (Lipinski definition) is 9. The molecule has 1 aromatic heterocycles. The van der Waals surface area contributed by atoms with Gasteiger partial charge in [0, 0.05) is 5.56 Å². The summed E-state index contributed by atoms with van der Waals surface area (Å²) in [6.07, 6.45) is 0. The smallest absolute Gasteiger partial charge is 0.212 e. The molecule has 134 valence electrons. The highest BCUT2D eigenvalue weighted by Gasteiger charge is 2.28. The van der Waals surface area contributed by atoms with Crippen molar-refractivity contribution in [3.8, 4) is 22.9 Å². The normalized spacial score (nSPS) is 15.4. The molecule has 0 fully saturated rings. The Morgan fingerprint density at radius 2 is 2.12 bits per heavy atom. The molecule has 0 amide bonds. The maximum atomic E-state index is 11.1. The van der Waals surface area contributed by atoms with Gasteiger partial charge in [0.25, 0.3) is 0 Å². The lowest BCUT2D eigenvalue weighted by molar-refractivity contribution is 0.296. The number of rotatable bonds is 4. The number of fused-ring (bicyclic) bond motifs is 1. The highest BCUT2D eigenvalue weighted by atomic mass is 32.2. The topological polar surface area (TPSA) is 119 Å². The van der Waals surface area contributed by atoms with Crippen molar-refractivity contribution < 1.29 is 15.1 Å². The van der Waals surface area contributed by atoms with E-state index in [1.54, 1.807) is 35.0 Å². The summed E-state index contributed by atoms with van der Waals surface area (Å²) in [6, 6.07) is 11.6. The van der Waals surface area contributed by atoms with Gasteiger partial charge in [0.05, 0.1) is 12.8 Å². The number of nitrogens with zero attached hydrogens (tertiary/aromatic N) is 4. The molecule has 4 rings (SSSR count). The van der Waals surface area contributed by atoms with E-state index in [1.807, 2.05) is 0 Å². The van der Waals surface area contributed by atoms with Crippen molar-refractivity contribution in [2.75, 3.05) is 17.8 Å². The molecule has 26 heavy (non-hydrogen) atoms. The fourth-order valence-electron chi connectivity index (χ4n) is 2.66. The van der Waals surface area contributed by atoms with E-state index in [1.165, 1.54) is 31.0 Å². The molecule has 0 saturated carbocycles. The van der Waals surface area contributed by atoms with Crippen LogP contribution in [0.5, 0.6) is 11.5 Å². The first kappa shape index (κ1) is 16.5. The number of benzene rings is 2. The average molecular weight is 372 g/mol. The van der Waals surface area contributed by atoms with E-state index in [2.05, 4.69) is 15.6 Å². The van der Waals surface area contributed by atoms with Gasteiger partial charge in [-0.1, -0.05) is 30.0 Å². The van der Waals surface area contributed by atoms with Gasteiger partial charge in [-0.3, -0.25) is 5.21 Å². The van der Waals surface area contributed by atoms with Crippen LogP contribution in [0.4, 0.5) is 5.69 Å². The van der Waals surface area contributed by atoms with Crippen molar-refractivity contribution in [3.63, 3.8) is 0 Å². The van der Waals surface area contributed by atoms with Crippen molar-refractivity contribution in [2.24, 2.45) is 0 Å². The molecule has 9 nitrogen and oxygen atoms in total. The zero-order valence-electron chi connectivity index (χ0n) is 13.5. The maximum Gasteiger partial charge on any atom is 0.212 e. The molecule has 0 radical (unpaired) electrons. The molecule has 3 N–H and O–H groups in total. The lowest BCUT2D eigenvalue weighted by Gasteiger charge is -2.21. The molecule has 1 aliphatic heterocycles. The van der Waals surface area contributed by atoms with E-state index in [0.29, 0.717) is 22.3 Å². The largest absolute Gasteiger partial charge is 0.733 e. The number of anilines is 1. The minimum Gasteiger partial charge on any atom is -0.733 e. The van der Waals surface area contributed by atoms with E-state index in [9.17, 15) is 10.3 Å². The van der Waals surface area contributed by atoms with Crippen LogP contribution in [0.15, 0.2) is 47.6 Å². The van der Waals surface area contributed by atoms with E-state index >= 15 is 0 Å². The van der Waals surface area contributed by atoms with Gasteiger partial charge in [-0.05, 0) is 29.8 Å². The van der Waals surface area contributed by atoms with Crippen molar-refractivity contribution in [3.05, 3.63) is 53.2 Å². The predicted molar refractivity (Wildman–Crippen MR) is 95.7 cm³/mol. The Kier molecular flexibility index (Phi) is 4.07. The molecule has 10 heteroatoms. The average Bonchev–Trinajstić information content (AvgIpc) is 3.23. The third-order valence-corrected chi connectivity index (χ3v) is 5.02. The molecular formula is C16H14N5O4S-. The third-order valence-electron chi connectivity index (χ3n) is 3.93.